The number of pyridine rings is 1. The van der Waals surface area contributed by atoms with Crippen molar-refractivity contribution in [2.45, 2.75) is 0 Å². The van der Waals surface area contributed by atoms with Gasteiger partial charge < -0.3 is 14.7 Å². The van der Waals surface area contributed by atoms with Crippen LogP contribution in [0.3, 0.4) is 0 Å². The van der Waals surface area contributed by atoms with Gasteiger partial charge in [-0.2, -0.15) is 4.98 Å². The first-order valence-corrected chi connectivity index (χ1v) is 5.46. The van der Waals surface area contributed by atoms with E-state index in [1.165, 1.54) is 13.3 Å². The second kappa shape index (κ2) is 5.53. The SMILES string of the molecule is COC(=O)COc1nc(-c2ccc(Cl)nc2)n(O)n1. The molecular weight excluding hydrogens is 276 g/mol. The molecule has 0 radical (unpaired) electrons. The van der Waals surface area contributed by atoms with Gasteiger partial charge in [-0.15, -0.1) is 0 Å². The second-order valence-corrected chi connectivity index (χ2v) is 3.73. The fourth-order valence-electron chi connectivity index (χ4n) is 1.22. The lowest BCUT2D eigenvalue weighted by atomic mass is 10.3. The van der Waals surface area contributed by atoms with E-state index >= 15 is 0 Å². The van der Waals surface area contributed by atoms with Crippen molar-refractivity contribution < 1.29 is 19.5 Å². The Morgan fingerprint density at radius 2 is 2.32 bits per heavy atom. The highest BCUT2D eigenvalue weighted by Crippen LogP contribution is 2.19. The highest BCUT2D eigenvalue weighted by molar-refractivity contribution is 6.29. The molecule has 2 aromatic rings. The average molecular weight is 285 g/mol. The standard InChI is InChI=1S/C10H9ClN4O4/c1-18-8(16)5-19-10-13-9(15(17)14-10)6-2-3-7(11)12-4-6/h2-4,17H,5H2,1H3. The maximum atomic E-state index is 10.9. The molecule has 2 aromatic heterocycles. The van der Waals surface area contributed by atoms with E-state index in [1.54, 1.807) is 12.1 Å². The minimum absolute atomic E-state index is 0.115. The molecule has 0 unspecified atom stereocenters. The average Bonchev–Trinajstić information content (AvgIpc) is 2.78. The highest BCUT2D eigenvalue weighted by Gasteiger charge is 2.14. The van der Waals surface area contributed by atoms with Gasteiger partial charge in [0.05, 0.1) is 7.11 Å². The monoisotopic (exact) mass is 284 g/mol. The Bertz CT molecular complexity index is 584. The van der Waals surface area contributed by atoms with Gasteiger partial charge in [-0.1, -0.05) is 21.5 Å². The molecule has 0 aliphatic heterocycles. The van der Waals surface area contributed by atoms with Crippen LogP contribution in [-0.2, 0) is 9.53 Å². The molecule has 19 heavy (non-hydrogen) atoms. The number of ether oxygens (including phenoxy) is 2. The molecule has 0 aliphatic rings. The topological polar surface area (TPSA) is 99.4 Å². The number of rotatable bonds is 4. The number of aromatic nitrogens is 4. The third-order valence-corrected chi connectivity index (χ3v) is 2.33. The van der Waals surface area contributed by atoms with E-state index < -0.39 is 5.97 Å². The van der Waals surface area contributed by atoms with E-state index in [1.807, 2.05) is 0 Å². The number of carbonyl (C=O) groups is 1. The van der Waals surface area contributed by atoms with Crippen LogP contribution < -0.4 is 4.74 Å². The summed E-state index contributed by atoms with van der Waals surface area (Å²) in [6.07, 6.45) is 1.42. The van der Waals surface area contributed by atoms with Gasteiger partial charge in [-0.05, 0) is 12.1 Å². The lowest BCUT2D eigenvalue weighted by molar-refractivity contribution is -0.143. The van der Waals surface area contributed by atoms with E-state index in [0.29, 0.717) is 15.6 Å². The number of carbonyl (C=O) groups excluding carboxylic acids is 1. The van der Waals surface area contributed by atoms with E-state index in [9.17, 15) is 10.0 Å². The lowest BCUT2D eigenvalue weighted by Crippen LogP contribution is -2.13. The van der Waals surface area contributed by atoms with Crippen molar-refractivity contribution in [1.29, 1.82) is 0 Å². The molecular formula is C10H9ClN4O4. The molecule has 0 atom stereocenters. The first-order chi connectivity index (χ1) is 9.10. The smallest absolute Gasteiger partial charge is 0.344 e. The molecule has 2 rings (SSSR count). The zero-order chi connectivity index (χ0) is 13.8. The van der Waals surface area contributed by atoms with Gasteiger partial charge in [0.2, 0.25) is 5.82 Å². The Morgan fingerprint density at radius 1 is 1.53 bits per heavy atom. The number of methoxy groups -OCH3 is 1. The fraction of sp³-hybridized carbons (Fsp3) is 0.200. The van der Waals surface area contributed by atoms with E-state index in [2.05, 4.69) is 19.8 Å². The quantitative estimate of drug-likeness (QED) is 0.503. The van der Waals surface area contributed by atoms with Crippen molar-refractivity contribution in [1.82, 2.24) is 19.9 Å². The van der Waals surface area contributed by atoms with E-state index in [4.69, 9.17) is 16.3 Å². The molecule has 0 saturated heterocycles. The largest absolute Gasteiger partial charge is 0.466 e. The van der Waals surface area contributed by atoms with Crippen LogP contribution in [0.1, 0.15) is 0 Å². The summed E-state index contributed by atoms with van der Waals surface area (Å²) in [6.45, 7) is -0.348. The minimum atomic E-state index is -0.580. The molecule has 0 amide bonds. The molecule has 2 heterocycles. The van der Waals surface area contributed by atoms with Crippen molar-refractivity contribution in [3.63, 3.8) is 0 Å². The lowest BCUT2D eigenvalue weighted by Gasteiger charge is -1.98. The molecule has 1 N–H and O–H groups in total. The number of esters is 1. The minimum Gasteiger partial charge on any atom is -0.466 e. The Kier molecular flexibility index (Phi) is 3.81. The molecule has 0 aliphatic carbocycles. The summed E-state index contributed by atoms with van der Waals surface area (Å²) in [6, 6.07) is 2.99. The Hall–Kier alpha value is -2.35. The van der Waals surface area contributed by atoms with Gasteiger partial charge in [0, 0.05) is 11.8 Å². The summed E-state index contributed by atoms with van der Waals surface area (Å²) < 4.78 is 9.33. The summed E-state index contributed by atoms with van der Waals surface area (Å²) in [5, 5.41) is 13.5. The summed E-state index contributed by atoms with van der Waals surface area (Å²) in [4.78, 5) is 19.2. The van der Waals surface area contributed by atoms with Gasteiger partial charge in [0.15, 0.2) is 6.61 Å². The van der Waals surface area contributed by atoms with Crippen molar-refractivity contribution >= 4 is 17.6 Å². The van der Waals surface area contributed by atoms with Crippen LogP contribution in [0.25, 0.3) is 11.4 Å². The third-order valence-electron chi connectivity index (χ3n) is 2.10. The van der Waals surface area contributed by atoms with Crippen molar-refractivity contribution in [3.05, 3.63) is 23.5 Å². The number of hydrogen-bond donors (Lipinski definition) is 1. The van der Waals surface area contributed by atoms with Crippen LogP contribution in [0.5, 0.6) is 6.01 Å². The fourth-order valence-corrected chi connectivity index (χ4v) is 1.33. The van der Waals surface area contributed by atoms with Gasteiger partial charge in [-0.25, -0.2) is 9.78 Å². The second-order valence-electron chi connectivity index (χ2n) is 3.34. The molecule has 0 aromatic carbocycles. The summed E-state index contributed by atoms with van der Waals surface area (Å²) >= 11 is 5.65. The van der Waals surface area contributed by atoms with Crippen LogP contribution in [0.4, 0.5) is 0 Å². The molecule has 0 saturated carbocycles. The first kappa shape index (κ1) is 13.1. The number of nitrogens with zero attached hydrogens (tertiary/aromatic N) is 4. The zero-order valence-corrected chi connectivity index (χ0v) is 10.5. The first-order valence-electron chi connectivity index (χ1n) is 5.08. The Morgan fingerprint density at radius 3 is 2.95 bits per heavy atom. The number of hydrogen-bond acceptors (Lipinski definition) is 7. The molecule has 0 spiro atoms. The highest BCUT2D eigenvalue weighted by atomic mass is 35.5. The maximum absolute atomic E-state index is 10.9. The molecule has 0 bridgehead atoms. The van der Waals surface area contributed by atoms with Crippen molar-refractivity contribution in [2.24, 2.45) is 0 Å². The predicted molar refractivity (Wildman–Crippen MR) is 63.0 cm³/mol. The summed E-state index contributed by atoms with van der Waals surface area (Å²) in [7, 11) is 1.23. The van der Waals surface area contributed by atoms with E-state index in [-0.39, 0.29) is 18.4 Å². The van der Waals surface area contributed by atoms with Crippen LogP contribution >= 0.6 is 11.6 Å². The third kappa shape index (κ3) is 3.10. The normalized spacial score (nSPS) is 10.2. The predicted octanol–water partition coefficient (Wildman–Crippen LogP) is 0.783. The van der Waals surface area contributed by atoms with Crippen LogP contribution in [0, 0.1) is 0 Å². The molecule has 100 valence electrons. The van der Waals surface area contributed by atoms with Gasteiger partial charge >= 0.3 is 12.0 Å². The van der Waals surface area contributed by atoms with Gasteiger partial charge in [-0.3, -0.25) is 0 Å². The zero-order valence-electron chi connectivity index (χ0n) is 9.78. The van der Waals surface area contributed by atoms with Crippen molar-refractivity contribution in [3.8, 4) is 17.4 Å². The maximum Gasteiger partial charge on any atom is 0.344 e. The van der Waals surface area contributed by atoms with Gasteiger partial charge in [0.1, 0.15) is 5.15 Å². The summed E-state index contributed by atoms with van der Waals surface area (Å²) in [5.74, 6) is -0.465. The van der Waals surface area contributed by atoms with Crippen LogP contribution in [0.2, 0.25) is 5.15 Å². The molecule has 0 fully saturated rings. The molecule has 8 nitrogen and oxygen atoms in total. The van der Waals surface area contributed by atoms with Crippen molar-refractivity contribution in [2.75, 3.05) is 13.7 Å². The van der Waals surface area contributed by atoms with Crippen LogP contribution in [0.15, 0.2) is 18.3 Å². The van der Waals surface area contributed by atoms with Gasteiger partial charge in [0.25, 0.3) is 0 Å². The Labute approximate surface area is 112 Å². The Balaban J connectivity index is 2.16. The van der Waals surface area contributed by atoms with E-state index in [0.717, 1.165) is 0 Å². The summed E-state index contributed by atoms with van der Waals surface area (Å²) in [5.41, 5.74) is 0.493. The van der Waals surface area contributed by atoms with Crippen LogP contribution in [-0.4, -0.2) is 44.8 Å². The molecule has 9 heteroatoms. The number of halogens is 1.